The quantitative estimate of drug-likeness (QED) is 0.399. The molecule has 9 nitrogen and oxygen atoms in total. The Kier molecular flexibility index (Phi) is 6.44. The molecule has 4 aromatic rings. The smallest absolute Gasteiger partial charge is 0.255 e. The zero-order valence-electron chi connectivity index (χ0n) is 19.7. The van der Waals surface area contributed by atoms with Crippen LogP contribution in [-0.2, 0) is 10.2 Å². The molecule has 2 N–H and O–H groups in total. The minimum absolute atomic E-state index is 0.200. The Morgan fingerprint density at radius 3 is 2.60 bits per heavy atom. The van der Waals surface area contributed by atoms with Gasteiger partial charge in [-0.3, -0.25) is 9.59 Å². The minimum Gasteiger partial charge on any atom is -0.322 e. The number of thiazole rings is 1. The number of aromatic nitrogens is 3. The first-order valence-corrected chi connectivity index (χ1v) is 11.6. The second kappa shape index (κ2) is 9.48. The van der Waals surface area contributed by atoms with Crippen molar-refractivity contribution in [2.75, 3.05) is 22.6 Å². The number of fused-ring (bicyclic) bond motifs is 1. The second-order valence-electron chi connectivity index (χ2n) is 8.44. The molecule has 2 aromatic carbocycles. The molecule has 0 aliphatic rings. The standard InChI is InChI=1S/C25H23N7O2S/c1-15(33)28-24-30-20-13-27-23(31-22(20)35-24)32(4)19-10-6-9-18(12-19)29-21(34)16-7-5-8-17(11-16)25(2,3)14-26/h5-13H,1-4H3,(H,29,34)(H,28,30,33). The maximum absolute atomic E-state index is 12.9. The number of nitriles is 1. The Labute approximate surface area is 206 Å². The number of nitrogens with zero attached hydrogens (tertiary/aromatic N) is 5. The number of hydrogen-bond donors (Lipinski definition) is 2. The topological polar surface area (TPSA) is 124 Å². The van der Waals surface area contributed by atoms with Crippen molar-refractivity contribution >= 4 is 56.0 Å². The Balaban J connectivity index is 1.54. The molecule has 2 amide bonds. The number of carbonyl (C=O) groups is 2. The molecule has 0 saturated heterocycles. The van der Waals surface area contributed by atoms with Crippen molar-refractivity contribution in [3.63, 3.8) is 0 Å². The van der Waals surface area contributed by atoms with Gasteiger partial charge in [-0.15, -0.1) is 0 Å². The molecule has 2 heterocycles. The monoisotopic (exact) mass is 485 g/mol. The van der Waals surface area contributed by atoms with E-state index in [1.165, 1.54) is 18.3 Å². The van der Waals surface area contributed by atoms with Crippen LogP contribution in [0.25, 0.3) is 10.3 Å². The van der Waals surface area contributed by atoms with Crippen LogP contribution in [-0.4, -0.2) is 33.8 Å². The largest absolute Gasteiger partial charge is 0.322 e. The molecule has 0 atom stereocenters. The highest BCUT2D eigenvalue weighted by atomic mass is 32.1. The van der Waals surface area contributed by atoms with Crippen molar-refractivity contribution in [3.8, 4) is 6.07 Å². The first-order valence-electron chi connectivity index (χ1n) is 10.7. The Bertz CT molecular complexity index is 1470. The van der Waals surface area contributed by atoms with Crippen LogP contribution >= 0.6 is 11.3 Å². The van der Waals surface area contributed by atoms with Gasteiger partial charge in [0.25, 0.3) is 5.91 Å². The van der Waals surface area contributed by atoms with E-state index in [0.29, 0.717) is 32.7 Å². The van der Waals surface area contributed by atoms with E-state index in [9.17, 15) is 14.9 Å². The van der Waals surface area contributed by atoms with Crippen LogP contribution < -0.4 is 15.5 Å². The molecule has 2 aromatic heterocycles. The third kappa shape index (κ3) is 5.26. The number of hydrogen-bond acceptors (Lipinski definition) is 8. The van der Waals surface area contributed by atoms with E-state index in [1.54, 1.807) is 35.4 Å². The van der Waals surface area contributed by atoms with Crippen molar-refractivity contribution < 1.29 is 9.59 Å². The van der Waals surface area contributed by atoms with Crippen LogP contribution in [0, 0.1) is 11.3 Å². The molecule has 0 bridgehead atoms. The van der Waals surface area contributed by atoms with E-state index in [-0.39, 0.29) is 11.8 Å². The van der Waals surface area contributed by atoms with Crippen LogP contribution in [0.15, 0.2) is 54.7 Å². The fraction of sp³-hybridized carbons (Fsp3) is 0.200. The van der Waals surface area contributed by atoms with E-state index in [0.717, 1.165) is 11.3 Å². The highest BCUT2D eigenvalue weighted by Gasteiger charge is 2.21. The van der Waals surface area contributed by atoms with Gasteiger partial charge in [0, 0.05) is 30.9 Å². The number of nitrogens with one attached hydrogen (secondary N) is 2. The number of benzene rings is 2. The van der Waals surface area contributed by atoms with Gasteiger partial charge >= 0.3 is 0 Å². The predicted molar refractivity (Wildman–Crippen MR) is 137 cm³/mol. The normalized spacial score (nSPS) is 11.1. The van der Waals surface area contributed by atoms with Gasteiger partial charge in [0.05, 0.1) is 17.7 Å². The molecule has 0 unspecified atom stereocenters. The van der Waals surface area contributed by atoms with Crippen molar-refractivity contribution in [1.29, 1.82) is 5.26 Å². The molecule has 0 aliphatic carbocycles. The van der Waals surface area contributed by atoms with Crippen LogP contribution in [0.1, 0.15) is 36.7 Å². The molecule has 35 heavy (non-hydrogen) atoms. The second-order valence-corrected chi connectivity index (χ2v) is 9.42. The number of rotatable bonds is 6. The average molecular weight is 486 g/mol. The molecule has 0 fully saturated rings. The Hall–Kier alpha value is -4.36. The zero-order chi connectivity index (χ0) is 25.2. The maximum Gasteiger partial charge on any atom is 0.255 e. The Morgan fingerprint density at radius 1 is 1.09 bits per heavy atom. The van der Waals surface area contributed by atoms with Gasteiger partial charge in [-0.05, 0) is 49.7 Å². The summed E-state index contributed by atoms with van der Waals surface area (Å²) in [6.07, 6.45) is 1.61. The molecule has 0 saturated carbocycles. The SMILES string of the molecule is CC(=O)Nc1nc2cnc(N(C)c3cccc(NC(=O)c4cccc(C(C)(C)C#N)c4)c3)nc2s1. The zero-order valence-corrected chi connectivity index (χ0v) is 20.5. The van der Waals surface area contributed by atoms with Crippen molar-refractivity contribution in [3.05, 3.63) is 65.9 Å². The predicted octanol–water partition coefficient (Wildman–Crippen LogP) is 4.87. The number of amides is 2. The van der Waals surface area contributed by atoms with Gasteiger partial charge in [0.2, 0.25) is 11.9 Å². The third-order valence-electron chi connectivity index (χ3n) is 5.34. The fourth-order valence-electron chi connectivity index (χ4n) is 3.32. The summed E-state index contributed by atoms with van der Waals surface area (Å²) in [5.41, 5.74) is 2.53. The van der Waals surface area contributed by atoms with Gasteiger partial charge in [0.1, 0.15) is 5.52 Å². The van der Waals surface area contributed by atoms with E-state index in [2.05, 4.69) is 31.7 Å². The number of carbonyl (C=O) groups excluding carboxylic acids is 2. The van der Waals surface area contributed by atoms with Crippen molar-refractivity contribution in [2.45, 2.75) is 26.2 Å². The van der Waals surface area contributed by atoms with E-state index < -0.39 is 5.41 Å². The summed E-state index contributed by atoms with van der Waals surface area (Å²) in [5, 5.41) is 15.4. The van der Waals surface area contributed by atoms with Gasteiger partial charge in [-0.1, -0.05) is 29.5 Å². The van der Waals surface area contributed by atoms with Gasteiger partial charge in [0.15, 0.2) is 9.96 Å². The summed E-state index contributed by atoms with van der Waals surface area (Å²) in [7, 11) is 1.82. The molecular weight excluding hydrogens is 462 g/mol. The highest BCUT2D eigenvalue weighted by molar-refractivity contribution is 7.21. The highest BCUT2D eigenvalue weighted by Crippen LogP contribution is 2.29. The fourth-order valence-corrected chi connectivity index (χ4v) is 4.17. The molecule has 0 radical (unpaired) electrons. The van der Waals surface area contributed by atoms with Gasteiger partial charge in [-0.2, -0.15) is 10.2 Å². The summed E-state index contributed by atoms with van der Waals surface area (Å²) in [6.45, 7) is 5.05. The van der Waals surface area contributed by atoms with Gasteiger partial charge < -0.3 is 15.5 Å². The molecule has 0 spiro atoms. The van der Waals surface area contributed by atoms with Crippen LogP contribution in [0.2, 0.25) is 0 Å². The van der Waals surface area contributed by atoms with E-state index in [1.807, 2.05) is 45.2 Å². The van der Waals surface area contributed by atoms with E-state index in [4.69, 9.17) is 0 Å². The van der Waals surface area contributed by atoms with Crippen LogP contribution in [0.4, 0.5) is 22.5 Å². The summed E-state index contributed by atoms with van der Waals surface area (Å²) < 4.78 is 0. The van der Waals surface area contributed by atoms with E-state index >= 15 is 0 Å². The summed E-state index contributed by atoms with van der Waals surface area (Å²) >= 11 is 1.27. The summed E-state index contributed by atoms with van der Waals surface area (Å²) in [6, 6.07) is 16.7. The van der Waals surface area contributed by atoms with Crippen molar-refractivity contribution in [2.24, 2.45) is 0 Å². The molecular formula is C25H23N7O2S. The van der Waals surface area contributed by atoms with Crippen LogP contribution in [0.3, 0.4) is 0 Å². The lowest BCUT2D eigenvalue weighted by atomic mass is 9.85. The molecule has 4 rings (SSSR count). The lowest BCUT2D eigenvalue weighted by Gasteiger charge is -2.18. The molecule has 176 valence electrons. The lowest BCUT2D eigenvalue weighted by Crippen LogP contribution is -2.17. The maximum atomic E-state index is 12.9. The average Bonchev–Trinajstić information content (AvgIpc) is 3.24. The molecule has 0 aliphatic heterocycles. The summed E-state index contributed by atoms with van der Waals surface area (Å²) in [5.74, 6) is -0.0209. The van der Waals surface area contributed by atoms with Crippen molar-refractivity contribution in [1.82, 2.24) is 15.0 Å². The lowest BCUT2D eigenvalue weighted by molar-refractivity contribution is -0.114. The molecule has 10 heteroatoms. The first-order chi connectivity index (χ1) is 16.7. The first kappa shape index (κ1) is 23.8. The number of anilines is 4. The van der Waals surface area contributed by atoms with Gasteiger partial charge in [-0.25, -0.2) is 9.97 Å². The minimum atomic E-state index is -0.693. The summed E-state index contributed by atoms with van der Waals surface area (Å²) in [4.78, 5) is 39.9. The third-order valence-corrected chi connectivity index (χ3v) is 6.22. The Morgan fingerprint density at radius 2 is 1.86 bits per heavy atom. The van der Waals surface area contributed by atoms with Crippen LogP contribution in [0.5, 0.6) is 0 Å².